The van der Waals surface area contributed by atoms with Crippen molar-refractivity contribution in [1.82, 2.24) is 10.3 Å². The van der Waals surface area contributed by atoms with Gasteiger partial charge in [-0.1, -0.05) is 23.8 Å². The maximum Gasteiger partial charge on any atom is 0.270 e. The number of hydrogen-bond donors (Lipinski definition) is 2. The number of thiophene rings is 1. The Labute approximate surface area is 131 Å². The molecule has 2 rings (SSSR count). The Morgan fingerprint density at radius 2 is 2.20 bits per heavy atom. The number of nitrogens with two attached hydrogens (primary N) is 1. The molecule has 0 aliphatic heterocycles. The van der Waals surface area contributed by atoms with Crippen molar-refractivity contribution in [2.45, 2.75) is 13.0 Å². The lowest BCUT2D eigenvalue weighted by molar-refractivity contribution is 0.0935. The molecule has 1 unspecified atom stereocenters. The Bertz CT molecular complexity index is 639. The Morgan fingerprint density at radius 1 is 1.45 bits per heavy atom. The molecule has 0 bridgehead atoms. The standard InChI is InChI=1S/C13H12ClN3OS2/c1-7(10-4-5-11(14)20-10)17-13(18)9-3-2-8(6-16-9)12(15)19/h2-7H,1H3,(H2,15,19)(H,17,18). The summed E-state index contributed by atoms with van der Waals surface area (Å²) < 4.78 is 0.694. The highest BCUT2D eigenvalue weighted by Crippen LogP contribution is 2.26. The van der Waals surface area contributed by atoms with Gasteiger partial charge in [0.1, 0.15) is 10.7 Å². The van der Waals surface area contributed by atoms with Gasteiger partial charge in [-0.15, -0.1) is 11.3 Å². The van der Waals surface area contributed by atoms with Gasteiger partial charge in [0.2, 0.25) is 0 Å². The van der Waals surface area contributed by atoms with Crippen LogP contribution in [0.4, 0.5) is 0 Å². The predicted octanol–water partition coefficient (Wildman–Crippen LogP) is 2.92. The molecule has 0 aromatic carbocycles. The summed E-state index contributed by atoms with van der Waals surface area (Å²) in [6.07, 6.45) is 1.49. The highest BCUT2D eigenvalue weighted by Gasteiger charge is 2.14. The maximum absolute atomic E-state index is 12.1. The molecule has 1 atom stereocenters. The number of hydrogen-bond acceptors (Lipinski definition) is 4. The number of nitrogens with one attached hydrogen (secondary N) is 1. The SMILES string of the molecule is CC(NC(=O)c1ccc(C(N)=S)cn1)c1ccc(Cl)s1. The van der Waals surface area contributed by atoms with Crippen LogP contribution < -0.4 is 11.1 Å². The summed E-state index contributed by atoms with van der Waals surface area (Å²) in [6.45, 7) is 1.89. The summed E-state index contributed by atoms with van der Waals surface area (Å²) in [5.41, 5.74) is 6.43. The summed E-state index contributed by atoms with van der Waals surface area (Å²) in [6, 6.07) is 6.84. The Kier molecular flexibility index (Phi) is 4.69. The second-order valence-corrected chi connectivity index (χ2v) is 6.32. The molecule has 0 aliphatic rings. The number of aromatic nitrogens is 1. The number of nitrogens with zero attached hydrogens (tertiary/aromatic N) is 1. The van der Waals surface area contributed by atoms with E-state index in [2.05, 4.69) is 10.3 Å². The van der Waals surface area contributed by atoms with Crippen molar-refractivity contribution in [2.24, 2.45) is 5.73 Å². The van der Waals surface area contributed by atoms with Gasteiger partial charge in [0.25, 0.3) is 5.91 Å². The summed E-state index contributed by atoms with van der Waals surface area (Å²) in [5.74, 6) is -0.253. The van der Waals surface area contributed by atoms with Crippen molar-refractivity contribution in [3.8, 4) is 0 Å². The first kappa shape index (κ1) is 14.9. The fourth-order valence-corrected chi connectivity index (χ4v) is 2.76. The predicted molar refractivity (Wildman–Crippen MR) is 85.3 cm³/mol. The van der Waals surface area contributed by atoms with Crippen LogP contribution in [0, 0.1) is 0 Å². The summed E-state index contributed by atoms with van der Waals surface area (Å²) in [7, 11) is 0. The third-order valence-corrected chi connectivity index (χ3v) is 4.30. The van der Waals surface area contributed by atoms with Gasteiger partial charge in [0, 0.05) is 16.6 Å². The van der Waals surface area contributed by atoms with E-state index in [1.807, 2.05) is 13.0 Å². The summed E-state index contributed by atoms with van der Waals surface area (Å²) in [5, 5.41) is 2.86. The Balaban J connectivity index is 2.06. The fourth-order valence-electron chi connectivity index (χ4n) is 1.58. The Morgan fingerprint density at radius 3 is 2.70 bits per heavy atom. The van der Waals surface area contributed by atoms with Gasteiger partial charge in [-0.3, -0.25) is 9.78 Å². The maximum atomic E-state index is 12.1. The van der Waals surface area contributed by atoms with Gasteiger partial charge in [-0.25, -0.2) is 0 Å². The lowest BCUT2D eigenvalue weighted by Gasteiger charge is -2.11. The van der Waals surface area contributed by atoms with E-state index >= 15 is 0 Å². The normalized spacial score (nSPS) is 11.9. The summed E-state index contributed by atoms with van der Waals surface area (Å²) >= 11 is 12.1. The topological polar surface area (TPSA) is 68.0 Å². The molecule has 20 heavy (non-hydrogen) atoms. The molecule has 0 aliphatic carbocycles. The largest absolute Gasteiger partial charge is 0.389 e. The van der Waals surface area contributed by atoms with Gasteiger partial charge >= 0.3 is 0 Å². The minimum atomic E-state index is -0.253. The number of thiocarbonyl (C=S) groups is 1. The van der Waals surface area contributed by atoms with E-state index in [9.17, 15) is 4.79 Å². The molecule has 104 valence electrons. The van der Waals surface area contributed by atoms with E-state index in [1.165, 1.54) is 17.5 Å². The molecule has 2 aromatic heterocycles. The molecule has 0 spiro atoms. The minimum Gasteiger partial charge on any atom is -0.389 e. The number of amides is 1. The van der Waals surface area contributed by atoms with Crippen LogP contribution in [-0.2, 0) is 0 Å². The van der Waals surface area contributed by atoms with Crippen LogP contribution in [-0.4, -0.2) is 15.9 Å². The monoisotopic (exact) mass is 325 g/mol. The van der Waals surface area contributed by atoms with Gasteiger partial charge < -0.3 is 11.1 Å². The quantitative estimate of drug-likeness (QED) is 0.848. The molecular weight excluding hydrogens is 314 g/mol. The number of rotatable bonds is 4. The van der Waals surface area contributed by atoms with Crippen LogP contribution in [0.25, 0.3) is 0 Å². The highest BCUT2D eigenvalue weighted by atomic mass is 35.5. The Hall–Kier alpha value is -1.50. The minimum absolute atomic E-state index is 0.128. The van der Waals surface area contributed by atoms with E-state index in [-0.39, 0.29) is 16.9 Å². The van der Waals surface area contributed by atoms with Crippen molar-refractivity contribution >= 4 is 46.1 Å². The first-order valence-electron chi connectivity index (χ1n) is 5.79. The van der Waals surface area contributed by atoms with Gasteiger partial charge in [-0.05, 0) is 31.2 Å². The van der Waals surface area contributed by atoms with E-state index < -0.39 is 0 Å². The van der Waals surface area contributed by atoms with Gasteiger partial charge in [0.15, 0.2) is 0 Å². The molecule has 1 amide bonds. The number of pyridine rings is 1. The molecule has 2 aromatic rings. The molecule has 0 radical (unpaired) electrons. The van der Waals surface area contributed by atoms with Crippen molar-refractivity contribution in [3.05, 3.63) is 50.9 Å². The molecule has 2 heterocycles. The second-order valence-electron chi connectivity index (χ2n) is 4.13. The zero-order chi connectivity index (χ0) is 14.7. The average molecular weight is 326 g/mol. The van der Waals surface area contributed by atoms with Crippen molar-refractivity contribution in [3.63, 3.8) is 0 Å². The van der Waals surface area contributed by atoms with E-state index in [4.69, 9.17) is 29.6 Å². The van der Waals surface area contributed by atoms with E-state index in [1.54, 1.807) is 18.2 Å². The smallest absolute Gasteiger partial charge is 0.270 e. The van der Waals surface area contributed by atoms with Crippen LogP contribution in [0.15, 0.2) is 30.5 Å². The van der Waals surface area contributed by atoms with Crippen LogP contribution in [0.2, 0.25) is 4.34 Å². The molecular formula is C13H12ClN3OS2. The molecule has 4 nitrogen and oxygen atoms in total. The molecule has 7 heteroatoms. The van der Waals surface area contributed by atoms with Crippen LogP contribution in [0.3, 0.4) is 0 Å². The lowest BCUT2D eigenvalue weighted by Crippen LogP contribution is -2.27. The zero-order valence-electron chi connectivity index (χ0n) is 10.6. The van der Waals surface area contributed by atoms with E-state index in [0.29, 0.717) is 15.6 Å². The van der Waals surface area contributed by atoms with Crippen molar-refractivity contribution in [2.75, 3.05) is 0 Å². The van der Waals surface area contributed by atoms with Crippen LogP contribution in [0.5, 0.6) is 0 Å². The van der Waals surface area contributed by atoms with Crippen molar-refractivity contribution < 1.29 is 4.79 Å². The molecule has 0 saturated heterocycles. The van der Waals surface area contributed by atoms with Crippen LogP contribution in [0.1, 0.15) is 33.9 Å². The summed E-state index contributed by atoms with van der Waals surface area (Å²) in [4.78, 5) is 17.3. The molecule has 0 saturated carbocycles. The third kappa shape index (κ3) is 3.53. The van der Waals surface area contributed by atoms with Crippen LogP contribution >= 0.6 is 35.2 Å². The number of carbonyl (C=O) groups is 1. The highest BCUT2D eigenvalue weighted by molar-refractivity contribution is 7.80. The van der Waals surface area contributed by atoms with E-state index in [0.717, 1.165) is 4.88 Å². The molecule has 3 N–H and O–H groups in total. The first-order chi connectivity index (χ1) is 9.47. The lowest BCUT2D eigenvalue weighted by atomic mass is 10.2. The fraction of sp³-hybridized carbons (Fsp3) is 0.154. The number of carbonyl (C=O) groups excluding carboxylic acids is 1. The van der Waals surface area contributed by atoms with Crippen molar-refractivity contribution in [1.29, 1.82) is 0 Å². The first-order valence-corrected chi connectivity index (χ1v) is 7.39. The van der Waals surface area contributed by atoms with Gasteiger partial charge in [0.05, 0.1) is 10.4 Å². The molecule has 0 fully saturated rings. The number of halogens is 1. The van der Waals surface area contributed by atoms with Gasteiger partial charge in [-0.2, -0.15) is 0 Å². The zero-order valence-corrected chi connectivity index (χ0v) is 13.0. The second kappa shape index (κ2) is 6.30. The third-order valence-electron chi connectivity index (χ3n) is 2.65. The average Bonchev–Trinajstić information content (AvgIpc) is 2.85.